The number of sulfonamides is 1. The van der Waals surface area contributed by atoms with Crippen LogP contribution in [0.1, 0.15) is 42.9 Å². The van der Waals surface area contributed by atoms with Crippen molar-refractivity contribution in [2.75, 3.05) is 19.3 Å². The Kier molecular flexibility index (Phi) is 5.67. The van der Waals surface area contributed by atoms with Crippen molar-refractivity contribution in [2.24, 2.45) is 0 Å². The summed E-state index contributed by atoms with van der Waals surface area (Å²) in [6.45, 7) is 4.69. The summed E-state index contributed by atoms with van der Waals surface area (Å²) in [6, 6.07) is 9.06. The molecule has 0 unspecified atom stereocenters. The first kappa shape index (κ1) is 19.6. The van der Waals surface area contributed by atoms with Crippen LogP contribution in [-0.4, -0.2) is 47.5 Å². The summed E-state index contributed by atoms with van der Waals surface area (Å²) in [4.78, 5) is 17.4. The van der Waals surface area contributed by atoms with E-state index in [-0.39, 0.29) is 18.5 Å². The molecule has 0 bridgehead atoms. The molecule has 146 valence electrons. The zero-order chi connectivity index (χ0) is 19.6. The minimum atomic E-state index is -3.53. The number of rotatable bonds is 6. The van der Waals surface area contributed by atoms with E-state index in [1.54, 1.807) is 6.33 Å². The number of nitrogens with zero attached hydrogens (tertiary/aromatic N) is 3. The van der Waals surface area contributed by atoms with Gasteiger partial charge in [-0.05, 0) is 25.8 Å². The predicted octanol–water partition coefficient (Wildman–Crippen LogP) is 1.68. The van der Waals surface area contributed by atoms with Gasteiger partial charge in [-0.25, -0.2) is 13.4 Å². The third-order valence-electron chi connectivity index (χ3n) is 4.81. The predicted molar refractivity (Wildman–Crippen MR) is 104 cm³/mol. The molecule has 27 heavy (non-hydrogen) atoms. The summed E-state index contributed by atoms with van der Waals surface area (Å²) in [6.07, 6.45) is 4.05. The topological polar surface area (TPSA) is 84.3 Å². The van der Waals surface area contributed by atoms with Crippen molar-refractivity contribution < 1.29 is 13.2 Å². The molecule has 0 spiro atoms. The lowest BCUT2D eigenvalue weighted by Gasteiger charge is -2.34. The van der Waals surface area contributed by atoms with Crippen LogP contribution < -0.4 is 5.32 Å². The molecule has 1 aliphatic rings. The second-order valence-electron chi connectivity index (χ2n) is 7.13. The Labute approximate surface area is 160 Å². The molecule has 1 aromatic heterocycles. The third kappa shape index (κ3) is 4.22. The highest BCUT2D eigenvalue weighted by atomic mass is 32.2. The van der Waals surface area contributed by atoms with E-state index < -0.39 is 16.1 Å². The summed E-state index contributed by atoms with van der Waals surface area (Å²) in [5, 5.41) is 2.91. The van der Waals surface area contributed by atoms with Gasteiger partial charge in [-0.15, -0.1) is 0 Å². The highest BCUT2D eigenvalue weighted by molar-refractivity contribution is 7.88. The quantitative estimate of drug-likeness (QED) is 0.813. The molecule has 1 amide bonds. The summed E-state index contributed by atoms with van der Waals surface area (Å²) in [5.74, 6) is -0.306. The molecule has 2 aromatic rings. The number of benzene rings is 1. The molecule has 7 nitrogen and oxygen atoms in total. The molecule has 0 saturated heterocycles. The Morgan fingerprint density at radius 3 is 2.63 bits per heavy atom. The number of aromatic nitrogens is 2. The van der Waals surface area contributed by atoms with Gasteiger partial charge < -0.3 is 9.88 Å². The Bertz CT molecular complexity index is 906. The average Bonchev–Trinajstić information content (AvgIpc) is 3.05. The maximum absolute atomic E-state index is 13.0. The minimum Gasteiger partial charge on any atom is -0.354 e. The Balaban J connectivity index is 1.85. The number of fused-ring (bicyclic) bond motifs is 1. The molecule has 0 radical (unpaired) electrons. The van der Waals surface area contributed by atoms with Gasteiger partial charge in [0.25, 0.3) is 0 Å². The monoisotopic (exact) mass is 390 g/mol. The van der Waals surface area contributed by atoms with Crippen LogP contribution >= 0.6 is 0 Å². The lowest BCUT2D eigenvalue weighted by Crippen LogP contribution is -2.48. The fourth-order valence-electron chi connectivity index (χ4n) is 3.48. The SMILES string of the molecule is CC(C)n1cnc2c1[C@H](C(=O)NCCc1ccccc1)N(S(C)(=O)=O)CC2. The first-order valence-electron chi connectivity index (χ1n) is 9.13. The molecule has 8 heteroatoms. The molecule has 1 atom stereocenters. The van der Waals surface area contributed by atoms with Crippen molar-refractivity contribution in [3.63, 3.8) is 0 Å². The van der Waals surface area contributed by atoms with E-state index >= 15 is 0 Å². The maximum atomic E-state index is 13.0. The fraction of sp³-hybridized carbons (Fsp3) is 0.474. The van der Waals surface area contributed by atoms with Gasteiger partial charge >= 0.3 is 0 Å². The van der Waals surface area contributed by atoms with E-state index in [0.717, 1.165) is 17.5 Å². The summed E-state index contributed by atoms with van der Waals surface area (Å²) >= 11 is 0. The standard InChI is InChI=1S/C19H26N4O3S/c1-14(2)22-13-21-16-10-12-23(27(3,25)26)18(17(16)22)19(24)20-11-9-15-7-5-4-6-8-15/h4-8,13-14,18H,9-12H2,1-3H3,(H,20,24)/t18-/m1/s1. The van der Waals surface area contributed by atoms with E-state index in [1.165, 1.54) is 4.31 Å². The molecule has 1 N–H and O–H groups in total. The second kappa shape index (κ2) is 7.82. The normalized spacial score (nSPS) is 17.7. The summed E-state index contributed by atoms with van der Waals surface area (Å²) in [7, 11) is -3.53. The first-order valence-corrected chi connectivity index (χ1v) is 11.0. The number of nitrogens with one attached hydrogen (secondary N) is 1. The Morgan fingerprint density at radius 1 is 1.30 bits per heavy atom. The van der Waals surface area contributed by atoms with Crippen LogP contribution in [0.15, 0.2) is 36.7 Å². The van der Waals surface area contributed by atoms with Crippen LogP contribution in [0, 0.1) is 0 Å². The minimum absolute atomic E-state index is 0.0837. The molecular formula is C19H26N4O3S. The number of carbonyl (C=O) groups is 1. The van der Waals surface area contributed by atoms with Crippen LogP contribution in [0.4, 0.5) is 0 Å². The van der Waals surface area contributed by atoms with E-state index in [4.69, 9.17) is 0 Å². The molecule has 1 aliphatic heterocycles. The lowest BCUT2D eigenvalue weighted by molar-refractivity contribution is -0.125. The maximum Gasteiger partial charge on any atom is 0.244 e. The van der Waals surface area contributed by atoms with E-state index in [2.05, 4.69) is 10.3 Å². The highest BCUT2D eigenvalue weighted by Gasteiger charge is 2.41. The number of imidazole rings is 1. The van der Waals surface area contributed by atoms with Crippen molar-refractivity contribution in [1.82, 2.24) is 19.2 Å². The van der Waals surface area contributed by atoms with Crippen LogP contribution in [0.5, 0.6) is 0 Å². The lowest BCUT2D eigenvalue weighted by atomic mass is 10.0. The number of carbonyl (C=O) groups excluding carboxylic acids is 1. The van der Waals surface area contributed by atoms with Gasteiger partial charge in [-0.1, -0.05) is 30.3 Å². The molecule has 3 rings (SSSR count). The van der Waals surface area contributed by atoms with Gasteiger partial charge in [0, 0.05) is 25.6 Å². The largest absolute Gasteiger partial charge is 0.354 e. The van der Waals surface area contributed by atoms with Crippen molar-refractivity contribution in [3.05, 3.63) is 53.6 Å². The first-order chi connectivity index (χ1) is 12.8. The van der Waals surface area contributed by atoms with E-state index in [9.17, 15) is 13.2 Å². The molecule has 1 aromatic carbocycles. The number of amides is 1. The zero-order valence-electron chi connectivity index (χ0n) is 15.9. The van der Waals surface area contributed by atoms with E-state index in [1.807, 2.05) is 48.7 Å². The zero-order valence-corrected chi connectivity index (χ0v) is 16.7. The summed E-state index contributed by atoms with van der Waals surface area (Å²) < 4.78 is 27.8. The van der Waals surface area contributed by atoms with Crippen LogP contribution in [0.2, 0.25) is 0 Å². The van der Waals surface area contributed by atoms with Crippen LogP contribution in [0.3, 0.4) is 0 Å². The van der Waals surface area contributed by atoms with Gasteiger partial charge in [0.05, 0.1) is 24.0 Å². The van der Waals surface area contributed by atoms with Crippen LogP contribution in [-0.2, 0) is 27.7 Å². The van der Waals surface area contributed by atoms with Crippen LogP contribution in [0.25, 0.3) is 0 Å². The Morgan fingerprint density at radius 2 is 2.00 bits per heavy atom. The smallest absolute Gasteiger partial charge is 0.244 e. The average molecular weight is 391 g/mol. The van der Waals surface area contributed by atoms with Gasteiger partial charge in [-0.2, -0.15) is 4.31 Å². The van der Waals surface area contributed by atoms with Crippen molar-refractivity contribution in [3.8, 4) is 0 Å². The van der Waals surface area contributed by atoms with Crippen molar-refractivity contribution in [2.45, 2.75) is 38.8 Å². The molecule has 2 heterocycles. The second-order valence-corrected chi connectivity index (χ2v) is 9.07. The number of hydrogen-bond donors (Lipinski definition) is 1. The van der Waals surface area contributed by atoms with Crippen molar-refractivity contribution in [1.29, 1.82) is 0 Å². The van der Waals surface area contributed by atoms with Gasteiger partial charge in [0.2, 0.25) is 15.9 Å². The molecule has 0 fully saturated rings. The third-order valence-corrected chi connectivity index (χ3v) is 6.06. The molecule has 0 aliphatic carbocycles. The van der Waals surface area contributed by atoms with Gasteiger partial charge in [0.1, 0.15) is 6.04 Å². The molecule has 0 saturated carbocycles. The fourth-order valence-corrected chi connectivity index (χ4v) is 4.48. The highest BCUT2D eigenvalue weighted by Crippen LogP contribution is 2.33. The molecular weight excluding hydrogens is 364 g/mol. The van der Waals surface area contributed by atoms with Gasteiger partial charge in [-0.3, -0.25) is 4.79 Å². The van der Waals surface area contributed by atoms with E-state index in [0.29, 0.717) is 25.1 Å². The summed E-state index contributed by atoms with van der Waals surface area (Å²) in [5.41, 5.74) is 2.60. The van der Waals surface area contributed by atoms with Crippen molar-refractivity contribution >= 4 is 15.9 Å². The van der Waals surface area contributed by atoms with Gasteiger partial charge in [0.15, 0.2) is 0 Å². The number of hydrogen-bond acceptors (Lipinski definition) is 4. The Hall–Kier alpha value is -2.19.